The van der Waals surface area contributed by atoms with E-state index >= 15 is 0 Å². The van der Waals surface area contributed by atoms with Crippen LogP contribution in [0.3, 0.4) is 0 Å². The summed E-state index contributed by atoms with van der Waals surface area (Å²) in [7, 11) is 0. The zero-order chi connectivity index (χ0) is 13.4. The second kappa shape index (κ2) is 4.40. The number of halogens is 7. The van der Waals surface area contributed by atoms with E-state index in [1.807, 2.05) is 0 Å². The van der Waals surface area contributed by atoms with E-state index in [1.54, 1.807) is 0 Å². The number of anilines is 1. The van der Waals surface area contributed by atoms with Crippen LogP contribution in [-0.2, 0) is 17.7 Å². The average Bonchev–Trinajstić information content (AvgIpc) is 2.13. The van der Waals surface area contributed by atoms with Crippen LogP contribution in [-0.4, -0.2) is 0 Å². The van der Waals surface area contributed by atoms with E-state index in [0.29, 0.717) is 6.07 Å². The number of rotatable bonds is 1. The van der Waals surface area contributed by atoms with Gasteiger partial charge < -0.3 is 5.73 Å². The fourth-order valence-electron chi connectivity index (χ4n) is 1.32. The molecule has 8 heteroatoms. The van der Waals surface area contributed by atoms with E-state index in [9.17, 15) is 26.3 Å². The summed E-state index contributed by atoms with van der Waals surface area (Å²) in [6.07, 6.45) is -10.2. The Kier molecular flexibility index (Phi) is 3.66. The Labute approximate surface area is 101 Å². The predicted octanol–water partition coefficient (Wildman–Crippen LogP) is 4.20. The molecule has 0 aromatic heterocycles. The molecule has 1 aromatic rings. The van der Waals surface area contributed by atoms with Crippen LogP contribution in [0.1, 0.15) is 16.7 Å². The summed E-state index contributed by atoms with van der Waals surface area (Å²) in [4.78, 5) is 0. The monoisotopic (exact) mass is 321 g/mol. The molecule has 0 aliphatic rings. The van der Waals surface area contributed by atoms with Crippen molar-refractivity contribution in [3.8, 4) is 0 Å². The predicted molar refractivity (Wildman–Crippen MR) is 53.5 cm³/mol. The van der Waals surface area contributed by atoms with Gasteiger partial charge in [0.2, 0.25) is 0 Å². The van der Waals surface area contributed by atoms with Crippen molar-refractivity contribution in [1.82, 2.24) is 0 Å². The molecule has 1 aromatic carbocycles. The van der Waals surface area contributed by atoms with Crippen LogP contribution in [0.4, 0.5) is 32.0 Å². The molecule has 0 spiro atoms. The van der Waals surface area contributed by atoms with Gasteiger partial charge in [0.1, 0.15) is 0 Å². The first-order valence-electron chi connectivity index (χ1n) is 4.20. The summed E-state index contributed by atoms with van der Waals surface area (Å²) in [5.41, 5.74) is 0.589. The third-order valence-electron chi connectivity index (χ3n) is 2.07. The van der Waals surface area contributed by atoms with Crippen LogP contribution in [0, 0.1) is 0 Å². The highest BCUT2D eigenvalue weighted by molar-refractivity contribution is 9.08. The maximum Gasteiger partial charge on any atom is 0.418 e. The van der Waals surface area contributed by atoms with Gasteiger partial charge in [-0.3, -0.25) is 0 Å². The van der Waals surface area contributed by atoms with Gasteiger partial charge in [-0.05, 0) is 11.6 Å². The summed E-state index contributed by atoms with van der Waals surface area (Å²) in [5.74, 6) is 0. The molecule has 0 atom stereocenters. The maximum absolute atomic E-state index is 12.6. The Morgan fingerprint density at radius 1 is 1.00 bits per heavy atom. The van der Waals surface area contributed by atoms with Crippen LogP contribution < -0.4 is 5.73 Å². The molecule has 0 radical (unpaired) electrons. The second-order valence-corrected chi connectivity index (χ2v) is 3.75. The SMILES string of the molecule is Nc1c(CBr)ccc(C(F)(F)F)c1C(F)(F)F. The van der Waals surface area contributed by atoms with Crippen molar-refractivity contribution in [1.29, 1.82) is 0 Å². The number of benzene rings is 1. The summed E-state index contributed by atoms with van der Waals surface area (Å²) in [6.45, 7) is 0. The first-order valence-corrected chi connectivity index (χ1v) is 5.33. The van der Waals surface area contributed by atoms with Crippen LogP contribution in [0.5, 0.6) is 0 Å². The number of nitrogen functional groups attached to an aromatic ring is 1. The highest BCUT2D eigenvalue weighted by Crippen LogP contribution is 2.44. The summed E-state index contributed by atoms with van der Waals surface area (Å²) < 4.78 is 75.0. The summed E-state index contributed by atoms with van der Waals surface area (Å²) in [5, 5.41) is -0.0555. The lowest BCUT2D eigenvalue weighted by Gasteiger charge is -2.19. The largest absolute Gasteiger partial charge is 0.418 e. The van der Waals surface area contributed by atoms with Gasteiger partial charge >= 0.3 is 12.4 Å². The Hall–Kier alpha value is -0.920. The van der Waals surface area contributed by atoms with Gasteiger partial charge in [0, 0.05) is 11.0 Å². The maximum atomic E-state index is 12.6. The molecule has 0 bridgehead atoms. The van der Waals surface area contributed by atoms with Crippen molar-refractivity contribution in [2.24, 2.45) is 0 Å². The molecule has 2 N–H and O–H groups in total. The van der Waals surface area contributed by atoms with Crippen molar-refractivity contribution in [2.75, 3.05) is 5.73 Å². The lowest BCUT2D eigenvalue weighted by atomic mass is 10.0. The minimum absolute atomic E-state index is 0.0367. The van der Waals surface area contributed by atoms with Crippen LogP contribution in [0.15, 0.2) is 12.1 Å². The third-order valence-corrected chi connectivity index (χ3v) is 2.67. The number of alkyl halides is 7. The van der Waals surface area contributed by atoms with Gasteiger partial charge in [0.05, 0.1) is 11.1 Å². The van der Waals surface area contributed by atoms with E-state index in [4.69, 9.17) is 5.73 Å². The van der Waals surface area contributed by atoms with Crippen LogP contribution in [0.2, 0.25) is 0 Å². The number of nitrogens with two attached hydrogens (primary N) is 1. The van der Waals surface area contributed by atoms with Crippen molar-refractivity contribution >= 4 is 21.6 Å². The molecule has 0 saturated carbocycles. The van der Waals surface area contributed by atoms with Gasteiger partial charge in [0.15, 0.2) is 0 Å². The smallest absolute Gasteiger partial charge is 0.398 e. The minimum atomic E-state index is -5.15. The van der Waals surface area contributed by atoms with Crippen LogP contribution in [0.25, 0.3) is 0 Å². The Balaban J connectivity index is 3.59. The Morgan fingerprint density at radius 2 is 1.53 bits per heavy atom. The fourth-order valence-corrected chi connectivity index (χ4v) is 1.81. The molecule has 1 nitrogen and oxygen atoms in total. The summed E-state index contributed by atoms with van der Waals surface area (Å²) >= 11 is 2.86. The zero-order valence-corrected chi connectivity index (χ0v) is 9.67. The minimum Gasteiger partial charge on any atom is -0.398 e. The Morgan fingerprint density at radius 3 is 1.88 bits per heavy atom. The topological polar surface area (TPSA) is 26.0 Å². The molecular weight excluding hydrogens is 316 g/mol. The molecule has 96 valence electrons. The standard InChI is InChI=1S/C9H6BrF6N/c10-3-4-1-2-5(8(11,12)13)6(7(4)17)9(14,15)16/h1-2H,3,17H2. The van der Waals surface area contributed by atoms with Gasteiger partial charge in [-0.1, -0.05) is 22.0 Å². The van der Waals surface area contributed by atoms with Gasteiger partial charge in [-0.2, -0.15) is 26.3 Å². The molecule has 0 fully saturated rings. The molecule has 0 heterocycles. The van der Waals surface area contributed by atoms with Gasteiger partial charge in [-0.15, -0.1) is 0 Å². The second-order valence-electron chi connectivity index (χ2n) is 3.19. The van der Waals surface area contributed by atoms with Gasteiger partial charge in [-0.25, -0.2) is 0 Å². The molecule has 0 aliphatic heterocycles. The lowest BCUT2D eigenvalue weighted by molar-refractivity contribution is -0.161. The normalized spacial score (nSPS) is 12.9. The molecule has 17 heavy (non-hydrogen) atoms. The third kappa shape index (κ3) is 2.85. The lowest BCUT2D eigenvalue weighted by Crippen LogP contribution is -2.19. The first-order chi connectivity index (χ1) is 7.59. The molecule has 0 aliphatic carbocycles. The van der Waals surface area contributed by atoms with Gasteiger partial charge in [0.25, 0.3) is 0 Å². The van der Waals surface area contributed by atoms with Crippen molar-refractivity contribution in [3.05, 3.63) is 28.8 Å². The number of hydrogen-bond donors (Lipinski definition) is 1. The highest BCUT2D eigenvalue weighted by Gasteiger charge is 2.45. The van der Waals surface area contributed by atoms with E-state index in [1.165, 1.54) is 0 Å². The number of hydrogen-bond acceptors (Lipinski definition) is 1. The van der Waals surface area contributed by atoms with E-state index in [2.05, 4.69) is 15.9 Å². The molecular formula is C9H6BrF6N. The van der Waals surface area contributed by atoms with Crippen LogP contribution >= 0.6 is 15.9 Å². The fraction of sp³-hybridized carbons (Fsp3) is 0.333. The molecule has 0 amide bonds. The average molecular weight is 322 g/mol. The Bertz CT molecular complexity index is 423. The molecule has 0 saturated heterocycles. The van der Waals surface area contributed by atoms with E-state index in [-0.39, 0.29) is 10.9 Å². The quantitative estimate of drug-likeness (QED) is 0.468. The zero-order valence-electron chi connectivity index (χ0n) is 8.08. The molecule has 1 rings (SSSR count). The van der Waals surface area contributed by atoms with Crippen molar-refractivity contribution in [2.45, 2.75) is 17.7 Å². The van der Waals surface area contributed by atoms with Crippen molar-refractivity contribution < 1.29 is 26.3 Å². The summed E-state index contributed by atoms with van der Waals surface area (Å²) in [6, 6.07) is 1.30. The van der Waals surface area contributed by atoms with Crippen molar-refractivity contribution in [3.63, 3.8) is 0 Å². The van der Waals surface area contributed by atoms with E-state index in [0.717, 1.165) is 6.07 Å². The molecule has 0 unspecified atom stereocenters. The first kappa shape index (κ1) is 14.1. The van der Waals surface area contributed by atoms with E-state index < -0.39 is 29.2 Å². The highest BCUT2D eigenvalue weighted by atomic mass is 79.9.